The first-order chi connectivity index (χ1) is 23.2. The van der Waals surface area contributed by atoms with Gasteiger partial charge in [-0.15, -0.1) is 0 Å². The first kappa shape index (κ1) is 46.5. The van der Waals surface area contributed by atoms with Crippen LogP contribution in [0, 0.1) is 0 Å². The maximum Gasteiger partial charge on any atom is 0.305 e. The van der Waals surface area contributed by atoms with Gasteiger partial charge in [0.25, 0.3) is 0 Å². The van der Waals surface area contributed by atoms with E-state index >= 15 is 0 Å². The molecule has 0 saturated heterocycles. The van der Waals surface area contributed by atoms with E-state index in [2.05, 4.69) is 19.1 Å². The monoisotopic (exact) mass is 684 g/mol. The Morgan fingerprint density at radius 2 is 1.04 bits per heavy atom. The number of carbonyl (C=O) groups excluding carboxylic acids is 2. The summed E-state index contributed by atoms with van der Waals surface area (Å²) in [6, 6.07) is 0. The Morgan fingerprint density at radius 1 is 0.625 bits per heavy atom. The van der Waals surface area contributed by atoms with Crippen LogP contribution in [0.3, 0.4) is 0 Å². The van der Waals surface area contributed by atoms with E-state index in [0.717, 1.165) is 19.3 Å². The summed E-state index contributed by atoms with van der Waals surface area (Å²) in [5.74, 6) is -1.86. The highest BCUT2D eigenvalue weighted by Crippen LogP contribution is 2.15. The van der Waals surface area contributed by atoms with Gasteiger partial charge in [0, 0.05) is 6.42 Å². The largest absolute Gasteiger partial charge is 0.545 e. The number of nitrogens with zero attached hydrogens (tertiary/aromatic N) is 1. The zero-order chi connectivity index (χ0) is 35.6. The van der Waals surface area contributed by atoms with Crippen LogP contribution in [0.1, 0.15) is 174 Å². The number of unbranched alkanes of at least 4 members (excludes halogenated alkanes) is 23. The molecule has 8 nitrogen and oxygen atoms in total. The number of aliphatic hydroxyl groups is 1. The molecule has 0 aromatic rings. The molecule has 2 unspecified atom stereocenters. The predicted octanol–water partition coefficient (Wildman–Crippen LogP) is 8.42. The van der Waals surface area contributed by atoms with Gasteiger partial charge in [0.05, 0.1) is 40.3 Å². The molecule has 0 bridgehead atoms. The first-order valence-electron chi connectivity index (χ1n) is 19.9. The predicted molar refractivity (Wildman–Crippen MR) is 195 cm³/mol. The van der Waals surface area contributed by atoms with Crippen LogP contribution in [0.15, 0.2) is 12.2 Å². The molecular weight excluding hydrogens is 606 g/mol. The topological polar surface area (TPSA) is 105 Å². The number of esters is 1. The minimum atomic E-state index is -1.57. The Morgan fingerprint density at radius 3 is 1.46 bits per heavy atom. The van der Waals surface area contributed by atoms with E-state index in [0.29, 0.717) is 17.4 Å². The van der Waals surface area contributed by atoms with E-state index in [9.17, 15) is 19.8 Å². The van der Waals surface area contributed by atoms with E-state index in [1.165, 1.54) is 141 Å². The lowest BCUT2D eigenvalue weighted by Gasteiger charge is -2.26. The van der Waals surface area contributed by atoms with Crippen LogP contribution in [0.25, 0.3) is 0 Å². The van der Waals surface area contributed by atoms with Crippen molar-refractivity contribution in [3.8, 4) is 0 Å². The van der Waals surface area contributed by atoms with Crippen LogP contribution in [0.2, 0.25) is 0 Å². The molecule has 0 aliphatic heterocycles. The van der Waals surface area contributed by atoms with E-state index in [1.807, 2.05) is 21.1 Å². The standard InChI is InChI=1S/C40H77NO7/c1-5-6-7-8-9-10-11-12-13-14-15-16-17-18-19-20-21-22-23-24-25-26-27-28-29-30-31-32-38(43)47-35-37(42)36-48-40(39(44)45)46-34-33-41(2,3)4/h14-15,37,40,42H,5-13,16-36H2,1-4H3/b15-14-. The molecule has 0 aliphatic rings. The van der Waals surface area contributed by atoms with Crippen LogP contribution < -0.4 is 5.11 Å². The number of carboxylic acids is 1. The highest BCUT2D eigenvalue weighted by Gasteiger charge is 2.17. The lowest BCUT2D eigenvalue weighted by atomic mass is 10.0. The lowest BCUT2D eigenvalue weighted by Crippen LogP contribution is -2.44. The van der Waals surface area contributed by atoms with Crippen molar-refractivity contribution >= 4 is 11.9 Å². The summed E-state index contributed by atoms with van der Waals surface area (Å²) >= 11 is 0. The van der Waals surface area contributed by atoms with Gasteiger partial charge in [-0.05, 0) is 32.1 Å². The molecule has 0 aromatic carbocycles. The summed E-state index contributed by atoms with van der Waals surface area (Å²) in [4.78, 5) is 23.1. The minimum absolute atomic E-state index is 0.172. The number of hydrogen-bond acceptors (Lipinski definition) is 7. The fourth-order valence-corrected chi connectivity index (χ4v) is 5.59. The fraction of sp³-hybridized carbons (Fsp3) is 0.900. The van der Waals surface area contributed by atoms with Gasteiger partial charge < -0.3 is 33.7 Å². The second kappa shape index (κ2) is 34.0. The molecule has 8 heteroatoms. The van der Waals surface area contributed by atoms with Gasteiger partial charge in [0.15, 0.2) is 6.29 Å². The molecule has 0 fully saturated rings. The minimum Gasteiger partial charge on any atom is -0.545 e. The van der Waals surface area contributed by atoms with Crippen molar-refractivity contribution in [1.29, 1.82) is 0 Å². The molecule has 0 radical (unpaired) electrons. The Balaban J connectivity index is 3.43. The molecule has 0 heterocycles. The fourth-order valence-electron chi connectivity index (χ4n) is 5.59. The van der Waals surface area contributed by atoms with Crippen LogP contribution in [0.4, 0.5) is 0 Å². The number of quaternary nitrogens is 1. The molecule has 0 spiro atoms. The molecule has 0 aromatic heterocycles. The first-order valence-corrected chi connectivity index (χ1v) is 19.9. The Bertz CT molecular complexity index is 752. The molecule has 2 atom stereocenters. The van der Waals surface area contributed by atoms with Crippen LogP contribution in [-0.2, 0) is 23.8 Å². The average Bonchev–Trinajstić information content (AvgIpc) is 3.04. The van der Waals surface area contributed by atoms with Gasteiger partial charge in [-0.3, -0.25) is 4.79 Å². The van der Waals surface area contributed by atoms with Crippen LogP contribution in [-0.4, -0.2) is 81.4 Å². The molecule has 48 heavy (non-hydrogen) atoms. The van der Waals surface area contributed by atoms with Crippen molar-refractivity contribution in [3.63, 3.8) is 0 Å². The third kappa shape index (κ3) is 35.8. The number of likely N-dealkylation sites (N-methyl/N-ethyl adjacent to an activating group) is 1. The molecule has 1 N–H and O–H groups in total. The molecule has 0 amide bonds. The van der Waals surface area contributed by atoms with Gasteiger partial charge in [0.2, 0.25) is 0 Å². The molecule has 284 valence electrons. The zero-order valence-electron chi connectivity index (χ0n) is 31.9. The van der Waals surface area contributed by atoms with Gasteiger partial charge in [0.1, 0.15) is 19.3 Å². The summed E-state index contributed by atoms with van der Waals surface area (Å²) in [7, 11) is 5.87. The Hall–Kier alpha value is -1.48. The number of aliphatic hydroxyl groups excluding tert-OH is 1. The summed E-state index contributed by atoms with van der Waals surface area (Å²) in [5, 5.41) is 21.2. The summed E-state index contributed by atoms with van der Waals surface area (Å²) in [6.07, 6.45) is 35.2. The maximum atomic E-state index is 12.0. The van der Waals surface area contributed by atoms with Crippen molar-refractivity contribution in [3.05, 3.63) is 12.2 Å². The normalized spacial score (nSPS) is 13.3. The summed E-state index contributed by atoms with van der Waals surface area (Å²) < 4.78 is 16.0. The zero-order valence-corrected chi connectivity index (χ0v) is 31.9. The SMILES string of the molecule is CCCCCCCCCC/C=C\CCCCCCCCCCCCCCCCCC(=O)OCC(O)COC(OCC[N+](C)(C)C)C(=O)[O-]. The van der Waals surface area contributed by atoms with Crippen LogP contribution >= 0.6 is 0 Å². The van der Waals surface area contributed by atoms with E-state index in [4.69, 9.17) is 14.2 Å². The van der Waals surface area contributed by atoms with Crippen molar-refractivity contribution in [2.45, 2.75) is 186 Å². The summed E-state index contributed by atoms with van der Waals surface area (Å²) in [5.41, 5.74) is 0. The Kier molecular flexibility index (Phi) is 32.9. The number of rotatable bonds is 37. The number of hydrogen-bond donors (Lipinski definition) is 1. The molecule has 0 saturated carbocycles. The number of carboxylic acid groups (broad SMARTS) is 1. The Labute approximate surface area is 296 Å². The molecule has 0 rings (SSSR count). The summed E-state index contributed by atoms with van der Waals surface area (Å²) in [6.45, 7) is 2.48. The lowest BCUT2D eigenvalue weighted by molar-refractivity contribution is -0.870. The maximum absolute atomic E-state index is 12.0. The van der Waals surface area contributed by atoms with Gasteiger partial charge >= 0.3 is 5.97 Å². The molecular formula is C40H77NO7. The number of ether oxygens (including phenoxy) is 3. The van der Waals surface area contributed by atoms with Gasteiger partial charge in [-0.25, -0.2) is 0 Å². The third-order valence-electron chi connectivity index (χ3n) is 8.74. The van der Waals surface area contributed by atoms with Crippen molar-refractivity contribution in [1.82, 2.24) is 0 Å². The third-order valence-corrected chi connectivity index (χ3v) is 8.74. The van der Waals surface area contributed by atoms with Crippen molar-refractivity contribution in [2.75, 3.05) is 47.5 Å². The quantitative estimate of drug-likeness (QED) is 0.0230. The van der Waals surface area contributed by atoms with Crippen molar-refractivity contribution < 1.29 is 38.5 Å². The smallest absolute Gasteiger partial charge is 0.305 e. The molecule has 0 aliphatic carbocycles. The van der Waals surface area contributed by atoms with Gasteiger partial charge in [-0.2, -0.15) is 0 Å². The number of carbonyl (C=O) groups is 2. The number of aliphatic carboxylic acids is 1. The van der Waals surface area contributed by atoms with Crippen molar-refractivity contribution in [2.24, 2.45) is 0 Å². The highest BCUT2D eigenvalue weighted by atomic mass is 16.7. The van der Waals surface area contributed by atoms with Crippen LogP contribution in [0.5, 0.6) is 0 Å². The second-order valence-electron chi connectivity index (χ2n) is 14.8. The number of allylic oxidation sites excluding steroid dienone is 2. The van der Waals surface area contributed by atoms with E-state index in [-0.39, 0.29) is 25.8 Å². The highest BCUT2D eigenvalue weighted by molar-refractivity contribution is 5.69. The average molecular weight is 684 g/mol. The second-order valence-corrected chi connectivity index (χ2v) is 14.8. The van der Waals surface area contributed by atoms with E-state index < -0.39 is 18.4 Å². The van der Waals surface area contributed by atoms with E-state index in [1.54, 1.807) is 0 Å². The van der Waals surface area contributed by atoms with Gasteiger partial charge in [-0.1, -0.05) is 147 Å².